The van der Waals surface area contributed by atoms with Crippen LogP contribution < -0.4 is 16.0 Å². The normalized spacial score (nSPS) is 26.6. The molecule has 0 aromatic rings. The molecule has 4 heteroatoms. The van der Waals surface area contributed by atoms with E-state index in [0.717, 1.165) is 32.5 Å². The molecule has 0 bridgehead atoms. The van der Waals surface area contributed by atoms with Crippen LogP contribution in [0.15, 0.2) is 0 Å². The van der Waals surface area contributed by atoms with Crippen LogP contribution in [0, 0.1) is 5.92 Å². The number of carbonyl (C=O) groups is 1. The summed E-state index contributed by atoms with van der Waals surface area (Å²) in [4.78, 5) is 11.6. The molecule has 1 atom stereocenters. The predicted octanol–water partition coefficient (Wildman–Crippen LogP) is 1.23. The zero-order valence-corrected chi connectivity index (χ0v) is 9.93. The zero-order valence-electron chi connectivity index (χ0n) is 9.93. The van der Waals surface area contributed by atoms with Crippen LogP contribution in [0.3, 0.4) is 0 Å². The summed E-state index contributed by atoms with van der Waals surface area (Å²) in [6.07, 6.45) is 7.34. The Labute approximate surface area is 97.6 Å². The SMILES string of the molecule is O=C(NCC1CCNC1)NC1CCCCC1. The first-order valence-corrected chi connectivity index (χ1v) is 6.59. The number of nitrogens with one attached hydrogen (secondary N) is 3. The van der Waals surface area contributed by atoms with E-state index in [-0.39, 0.29) is 6.03 Å². The van der Waals surface area contributed by atoms with Crippen molar-refractivity contribution in [3.05, 3.63) is 0 Å². The highest BCUT2D eigenvalue weighted by Crippen LogP contribution is 2.17. The minimum Gasteiger partial charge on any atom is -0.338 e. The van der Waals surface area contributed by atoms with Crippen molar-refractivity contribution in [1.29, 1.82) is 0 Å². The largest absolute Gasteiger partial charge is 0.338 e. The predicted molar refractivity (Wildman–Crippen MR) is 64.4 cm³/mol. The van der Waals surface area contributed by atoms with E-state index in [4.69, 9.17) is 0 Å². The van der Waals surface area contributed by atoms with Crippen LogP contribution >= 0.6 is 0 Å². The fourth-order valence-corrected chi connectivity index (χ4v) is 2.61. The second-order valence-electron chi connectivity index (χ2n) is 5.05. The maximum absolute atomic E-state index is 11.6. The number of amides is 2. The van der Waals surface area contributed by atoms with Gasteiger partial charge < -0.3 is 16.0 Å². The van der Waals surface area contributed by atoms with Gasteiger partial charge >= 0.3 is 6.03 Å². The van der Waals surface area contributed by atoms with Crippen molar-refractivity contribution in [2.45, 2.75) is 44.6 Å². The van der Waals surface area contributed by atoms with Gasteiger partial charge in [0.15, 0.2) is 0 Å². The van der Waals surface area contributed by atoms with Gasteiger partial charge in [-0.3, -0.25) is 0 Å². The molecule has 1 unspecified atom stereocenters. The minimum absolute atomic E-state index is 0.0267. The molecule has 1 saturated heterocycles. The summed E-state index contributed by atoms with van der Waals surface area (Å²) in [5.74, 6) is 0.622. The summed E-state index contributed by atoms with van der Waals surface area (Å²) in [7, 11) is 0. The van der Waals surface area contributed by atoms with Crippen LogP contribution in [0.1, 0.15) is 38.5 Å². The number of hydrogen-bond acceptors (Lipinski definition) is 2. The van der Waals surface area contributed by atoms with Crippen molar-refractivity contribution in [3.8, 4) is 0 Å². The van der Waals surface area contributed by atoms with E-state index in [1.807, 2.05) is 0 Å². The van der Waals surface area contributed by atoms with E-state index in [0.29, 0.717) is 12.0 Å². The number of carbonyl (C=O) groups excluding carboxylic acids is 1. The van der Waals surface area contributed by atoms with Gasteiger partial charge in [0.05, 0.1) is 0 Å². The average Bonchev–Trinajstić information content (AvgIpc) is 2.81. The van der Waals surface area contributed by atoms with Gasteiger partial charge in [-0.05, 0) is 38.3 Å². The quantitative estimate of drug-likeness (QED) is 0.676. The Morgan fingerprint density at radius 3 is 2.69 bits per heavy atom. The first kappa shape index (κ1) is 11.7. The molecule has 2 fully saturated rings. The van der Waals surface area contributed by atoms with Crippen molar-refractivity contribution in [2.24, 2.45) is 5.92 Å². The second kappa shape index (κ2) is 6.09. The second-order valence-corrected chi connectivity index (χ2v) is 5.05. The first-order valence-electron chi connectivity index (χ1n) is 6.59. The van der Waals surface area contributed by atoms with Crippen molar-refractivity contribution < 1.29 is 4.79 Å². The minimum atomic E-state index is 0.0267. The van der Waals surface area contributed by atoms with Gasteiger partial charge in [0.1, 0.15) is 0 Å². The molecule has 16 heavy (non-hydrogen) atoms. The van der Waals surface area contributed by atoms with Gasteiger partial charge in [-0.15, -0.1) is 0 Å². The molecule has 4 nitrogen and oxygen atoms in total. The lowest BCUT2D eigenvalue weighted by atomic mass is 9.96. The first-order chi connectivity index (χ1) is 7.84. The number of urea groups is 1. The smallest absolute Gasteiger partial charge is 0.315 e. The Hall–Kier alpha value is -0.770. The summed E-state index contributed by atoms with van der Waals surface area (Å²) >= 11 is 0. The van der Waals surface area contributed by atoms with Crippen molar-refractivity contribution in [3.63, 3.8) is 0 Å². The van der Waals surface area contributed by atoms with Crippen molar-refractivity contribution >= 4 is 6.03 Å². The Morgan fingerprint density at radius 2 is 2.00 bits per heavy atom. The highest BCUT2D eigenvalue weighted by Gasteiger charge is 2.17. The Bertz CT molecular complexity index is 220. The van der Waals surface area contributed by atoms with Crippen molar-refractivity contribution in [2.75, 3.05) is 19.6 Å². The van der Waals surface area contributed by atoms with E-state index >= 15 is 0 Å². The third-order valence-corrected chi connectivity index (χ3v) is 3.65. The summed E-state index contributed by atoms with van der Waals surface area (Å²) in [5, 5.41) is 9.36. The van der Waals surface area contributed by atoms with Gasteiger partial charge in [0.2, 0.25) is 0 Å². The molecule has 1 heterocycles. The molecular weight excluding hydrogens is 202 g/mol. The summed E-state index contributed by atoms with van der Waals surface area (Å²) in [6, 6.07) is 0.439. The monoisotopic (exact) mass is 225 g/mol. The van der Waals surface area contributed by atoms with E-state index in [1.54, 1.807) is 0 Å². The molecule has 2 aliphatic rings. The third-order valence-electron chi connectivity index (χ3n) is 3.65. The van der Waals surface area contributed by atoms with E-state index < -0.39 is 0 Å². The van der Waals surface area contributed by atoms with E-state index in [9.17, 15) is 4.79 Å². The van der Waals surface area contributed by atoms with Gasteiger partial charge in [0.25, 0.3) is 0 Å². The molecular formula is C12H23N3O. The Balaban J connectivity index is 1.59. The Kier molecular flexibility index (Phi) is 4.45. The lowest BCUT2D eigenvalue weighted by Gasteiger charge is -2.23. The van der Waals surface area contributed by atoms with Crippen LogP contribution in [0.25, 0.3) is 0 Å². The average molecular weight is 225 g/mol. The molecule has 0 aromatic carbocycles. The van der Waals surface area contributed by atoms with Gasteiger partial charge in [-0.25, -0.2) is 4.79 Å². The fraction of sp³-hybridized carbons (Fsp3) is 0.917. The fourth-order valence-electron chi connectivity index (χ4n) is 2.61. The maximum atomic E-state index is 11.6. The molecule has 1 saturated carbocycles. The van der Waals surface area contributed by atoms with Crippen LogP contribution in [0.4, 0.5) is 4.79 Å². The molecule has 1 aliphatic carbocycles. The van der Waals surface area contributed by atoms with Crippen LogP contribution in [0.5, 0.6) is 0 Å². The molecule has 1 aliphatic heterocycles. The van der Waals surface area contributed by atoms with E-state index in [2.05, 4.69) is 16.0 Å². The standard InChI is InChI=1S/C12H23N3O/c16-12(14-9-10-6-7-13-8-10)15-11-4-2-1-3-5-11/h10-11,13H,1-9H2,(H2,14,15,16). The molecule has 2 rings (SSSR count). The van der Waals surface area contributed by atoms with Crippen LogP contribution in [0.2, 0.25) is 0 Å². The summed E-state index contributed by atoms with van der Waals surface area (Å²) < 4.78 is 0. The molecule has 0 radical (unpaired) electrons. The Morgan fingerprint density at radius 1 is 1.19 bits per heavy atom. The molecule has 2 amide bonds. The van der Waals surface area contributed by atoms with Gasteiger partial charge in [-0.2, -0.15) is 0 Å². The van der Waals surface area contributed by atoms with E-state index in [1.165, 1.54) is 25.7 Å². The lowest BCUT2D eigenvalue weighted by molar-refractivity contribution is 0.231. The van der Waals surface area contributed by atoms with Gasteiger partial charge in [-0.1, -0.05) is 19.3 Å². The maximum Gasteiger partial charge on any atom is 0.315 e. The highest BCUT2D eigenvalue weighted by atomic mass is 16.2. The van der Waals surface area contributed by atoms with Crippen LogP contribution in [-0.2, 0) is 0 Å². The number of hydrogen-bond donors (Lipinski definition) is 3. The summed E-state index contributed by atoms with van der Waals surface area (Å²) in [6.45, 7) is 2.95. The van der Waals surface area contributed by atoms with Crippen molar-refractivity contribution in [1.82, 2.24) is 16.0 Å². The summed E-state index contributed by atoms with van der Waals surface area (Å²) in [5.41, 5.74) is 0. The lowest BCUT2D eigenvalue weighted by Crippen LogP contribution is -2.44. The molecule has 3 N–H and O–H groups in total. The third kappa shape index (κ3) is 3.67. The molecule has 92 valence electrons. The topological polar surface area (TPSA) is 53.2 Å². The number of rotatable bonds is 3. The van der Waals surface area contributed by atoms with Crippen LogP contribution in [-0.4, -0.2) is 31.7 Å². The van der Waals surface area contributed by atoms with Gasteiger partial charge in [0, 0.05) is 12.6 Å². The highest BCUT2D eigenvalue weighted by molar-refractivity contribution is 5.74. The zero-order chi connectivity index (χ0) is 11.2. The molecule has 0 aromatic heterocycles. The molecule has 0 spiro atoms.